The van der Waals surface area contributed by atoms with E-state index in [1.807, 2.05) is 6.20 Å². The summed E-state index contributed by atoms with van der Waals surface area (Å²) in [5.41, 5.74) is 2.22. The minimum Gasteiger partial charge on any atom is -0.478 e. The second kappa shape index (κ2) is 3.87. The van der Waals surface area contributed by atoms with Gasteiger partial charge in [0.25, 0.3) is 0 Å². The van der Waals surface area contributed by atoms with Crippen LogP contribution < -0.4 is 0 Å². The molecule has 0 saturated heterocycles. The van der Waals surface area contributed by atoms with Gasteiger partial charge in [-0.25, -0.2) is 9.78 Å². The summed E-state index contributed by atoms with van der Waals surface area (Å²) in [5, 5.41) is 8.90. The SMILES string of the molecule is CC(C)(C)Cc1cn2cc(C(=O)O)ccc2n1. The third-order valence-corrected chi connectivity index (χ3v) is 2.46. The molecule has 2 rings (SSSR count). The molecule has 0 aromatic carbocycles. The molecule has 4 nitrogen and oxygen atoms in total. The van der Waals surface area contributed by atoms with Crippen molar-refractivity contribution in [3.8, 4) is 0 Å². The fraction of sp³-hybridized carbons (Fsp3) is 0.385. The first-order valence-corrected chi connectivity index (χ1v) is 5.56. The Hall–Kier alpha value is -1.84. The maximum atomic E-state index is 10.8. The van der Waals surface area contributed by atoms with Crippen molar-refractivity contribution in [2.75, 3.05) is 0 Å². The number of carboxylic acid groups (broad SMARTS) is 1. The molecular weight excluding hydrogens is 216 g/mol. The standard InChI is InChI=1S/C13H16N2O2/c1-13(2,3)6-10-8-15-7-9(12(16)17)4-5-11(15)14-10/h4-5,7-8H,6H2,1-3H3,(H,16,17). The Balaban J connectivity index is 2.40. The van der Waals surface area contributed by atoms with Gasteiger partial charge in [-0.05, 0) is 24.0 Å². The number of fused-ring (bicyclic) bond motifs is 1. The number of pyridine rings is 1. The second-order valence-electron chi connectivity index (χ2n) is 5.46. The van der Waals surface area contributed by atoms with Gasteiger partial charge in [0.1, 0.15) is 5.65 Å². The zero-order valence-electron chi connectivity index (χ0n) is 10.3. The number of aromatic carboxylic acids is 1. The molecule has 0 spiro atoms. The lowest BCUT2D eigenvalue weighted by molar-refractivity contribution is 0.0696. The van der Waals surface area contributed by atoms with E-state index in [-0.39, 0.29) is 11.0 Å². The summed E-state index contributed by atoms with van der Waals surface area (Å²) in [4.78, 5) is 15.3. The average Bonchev–Trinajstić information content (AvgIpc) is 2.54. The molecule has 2 aromatic rings. The van der Waals surface area contributed by atoms with Crippen LogP contribution in [0.3, 0.4) is 0 Å². The summed E-state index contributed by atoms with van der Waals surface area (Å²) in [7, 11) is 0. The van der Waals surface area contributed by atoms with Crippen molar-refractivity contribution >= 4 is 11.6 Å². The van der Waals surface area contributed by atoms with Crippen molar-refractivity contribution in [2.24, 2.45) is 5.41 Å². The number of rotatable bonds is 2. The van der Waals surface area contributed by atoms with Gasteiger partial charge in [-0.2, -0.15) is 0 Å². The van der Waals surface area contributed by atoms with Gasteiger partial charge in [0.2, 0.25) is 0 Å². The smallest absolute Gasteiger partial charge is 0.337 e. The molecule has 0 amide bonds. The van der Waals surface area contributed by atoms with Crippen LogP contribution in [0.2, 0.25) is 0 Å². The zero-order chi connectivity index (χ0) is 12.6. The molecule has 2 heterocycles. The molecule has 0 aliphatic carbocycles. The fourth-order valence-corrected chi connectivity index (χ4v) is 1.80. The number of nitrogens with zero attached hydrogens (tertiary/aromatic N) is 2. The van der Waals surface area contributed by atoms with Crippen molar-refractivity contribution in [3.05, 3.63) is 35.8 Å². The van der Waals surface area contributed by atoms with Gasteiger partial charge in [-0.1, -0.05) is 20.8 Å². The van der Waals surface area contributed by atoms with E-state index < -0.39 is 5.97 Å². The lowest BCUT2D eigenvalue weighted by Gasteiger charge is -2.15. The molecule has 0 radical (unpaired) electrons. The highest BCUT2D eigenvalue weighted by Crippen LogP contribution is 2.20. The van der Waals surface area contributed by atoms with Gasteiger partial charge in [0.15, 0.2) is 0 Å². The Morgan fingerprint density at radius 3 is 2.65 bits per heavy atom. The van der Waals surface area contributed by atoms with Gasteiger partial charge in [0.05, 0.1) is 11.3 Å². The maximum Gasteiger partial charge on any atom is 0.337 e. The van der Waals surface area contributed by atoms with Gasteiger partial charge in [0, 0.05) is 12.4 Å². The molecule has 17 heavy (non-hydrogen) atoms. The van der Waals surface area contributed by atoms with Crippen LogP contribution >= 0.6 is 0 Å². The first-order valence-electron chi connectivity index (χ1n) is 5.56. The highest BCUT2D eigenvalue weighted by molar-refractivity contribution is 5.87. The second-order valence-corrected chi connectivity index (χ2v) is 5.46. The van der Waals surface area contributed by atoms with Gasteiger partial charge in [-0.3, -0.25) is 0 Å². The van der Waals surface area contributed by atoms with Crippen LogP contribution in [0.1, 0.15) is 36.8 Å². The van der Waals surface area contributed by atoms with Gasteiger partial charge >= 0.3 is 5.97 Å². The summed E-state index contributed by atoms with van der Waals surface area (Å²) < 4.78 is 1.77. The number of hydrogen-bond donors (Lipinski definition) is 1. The van der Waals surface area contributed by atoms with E-state index in [1.165, 1.54) is 0 Å². The summed E-state index contributed by atoms with van der Waals surface area (Å²) in [5.74, 6) is -0.919. The molecule has 0 aliphatic rings. The third kappa shape index (κ3) is 2.64. The van der Waals surface area contributed by atoms with Gasteiger partial charge < -0.3 is 9.51 Å². The lowest BCUT2D eigenvalue weighted by Crippen LogP contribution is -2.09. The molecule has 0 bridgehead atoms. The van der Waals surface area contributed by atoms with Gasteiger partial charge in [-0.15, -0.1) is 0 Å². The predicted octanol–water partition coefficient (Wildman–Crippen LogP) is 2.62. The van der Waals surface area contributed by atoms with Crippen molar-refractivity contribution in [3.63, 3.8) is 0 Å². The average molecular weight is 232 g/mol. The molecule has 0 atom stereocenters. The van der Waals surface area contributed by atoms with E-state index in [0.29, 0.717) is 0 Å². The van der Waals surface area contributed by atoms with Crippen molar-refractivity contribution in [1.29, 1.82) is 0 Å². The Morgan fingerprint density at radius 1 is 1.35 bits per heavy atom. The predicted molar refractivity (Wildman–Crippen MR) is 65.3 cm³/mol. The highest BCUT2D eigenvalue weighted by Gasteiger charge is 2.14. The molecule has 0 aliphatic heterocycles. The Morgan fingerprint density at radius 2 is 2.06 bits per heavy atom. The van der Waals surface area contributed by atoms with Crippen LogP contribution in [0.25, 0.3) is 5.65 Å². The van der Waals surface area contributed by atoms with Crippen LogP contribution in [0, 0.1) is 5.41 Å². The minimum atomic E-state index is -0.919. The zero-order valence-corrected chi connectivity index (χ0v) is 10.3. The first-order chi connectivity index (χ1) is 7.85. The molecular formula is C13H16N2O2. The fourth-order valence-electron chi connectivity index (χ4n) is 1.80. The number of carbonyl (C=O) groups is 1. The monoisotopic (exact) mass is 232 g/mol. The lowest BCUT2D eigenvalue weighted by atomic mass is 9.91. The number of aromatic nitrogens is 2. The van der Waals surface area contributed by atoms with Crippen LogP contribution in [0.4, 0.5) is 0 Å². The Labute approximate surface area is 99.9 Å². The molecule has 90 valence electrons. The van der Waals surface area contributed by atoms with Crippen molar-refractivity contribution < 1.29 is 9.90 Å². The van der Waals surface area contributed by atoms with E-state index in [2.05, 4.69) is 25.8 Å². The third-order valence-electron chi connectivity index (χ3n) is 2.46. The van der Waals surface area contributed by atoms with E-state index in [9.17, 15) is 4.79 Å². The van der Waals surface area contributed by atoms with Crippen LogP contribution in [0.15, 0.2) is 24.5 Å². The van der Waals surface area contributed by atoms with E-state index in [1.54, 1.807) is 22.7 Å². The molecule has 0 unspecified atom stereocenters. The van der Waals surface area contributed by atoms with Crippen molar-refractivity contribution in [2.45, 2.75) is 27.2 Å². The summed E-state index contributed by atoms with van der Waals surface area (Å²) in [6.07, 6.45) is 4.36. The Bertz CT molecular complexity index is 564. The highest BCUT2D eigenvalue weighted by atomic mass is 16.4. The molecule has 0 fully saturated rings. The van der Waals surface area contributed by atoms with Crippen LogP contribution in [-0.4, -0.2) is 20.5 Å². The number of hydrogen-bond acceptors (Lipinski definition) is 2. The topological polar surface area (TPSA) is 54.6 Å². The number of carboxylic acids is 1. The van der Waals surface area contributed by atoms with E-state index >= 15 is 0 Å². The van der Waals surface area contributed by atoms with E-state index in [4.69, 9.17) is 5.11 Å². The van der Waals surface area contributed by atoms with Crippen LogP contribution in [0.5, 0.6) is 0 Å². The molecule has 4 heteroatoms. The van der Waals surface area contributed by atoms with E-state index in [0.717, 1.165) is 17.8 Å². The Kier molecular flexibility index (Phi) is 2.65. The first kappa shape index (κ1) is 11.6. The molecule has 1 N–H and O–H groups in total. The minimum absolute atomic E-state index is 0.174. The normalized spacial score (nSPS) is 11.9. The maximum absolute atomic E-state index is 10.8. The summed E-state index contributed by atoms with van der Waals surface area (Å²) in [6.45, 7) is 6.46. The molecule has 0 saturated carbocycles. The molecule has 2 aromatic heterocycles. The summed E-state index contributed by atoms with van der Waals surface area (Å²) >= 11 is 0. The van der Waals surface area contributed by atoms with Crippen molar-refractivity contribution in [1.82, 2.24) is 9.38 Å². The largest absolute Gasteiger partial charge is 0.478 e. The summed E-state index contributed by atoms with van der Waals surface area (Å²) in [6, 6.07) is 3.31. The number of imidazole rings is 1. The quantitative estimate of drug-likeness (QED) is 0.866. The van der Waals surface area contributed by atoms with Crippen LogP contribution in [-0.2, 0) is 6.42 Å².